The topological polar surface area (TPSA) is 29.3 Å². The molecule has 0 radical (unpaired) electrons. The fourth-order valence-corrected chi connectivity index (χ4v) is 1.41. The Hall–Kier alpha value is 0.350. The molecule has 1 fully saturated rings. The zero-order valence-corrected chi connectivity index (χ0v) is 6.33. The van der Waals surface area contributed by atoms with Crippen molar-refractivity contribution in [1.82, 2.24) is 4.90 Å². The Balaban J connectivity index is 2.44. The SMILES string of the molecule is CN1C(N)CCC1P. The lowest BCUT2D eigenvalue weighted by Gasteiger charge is -2.18. The predicted molar refractivity (Wildman–Crippen MR) is 38.5 cm³/mol. The van der Waals surface area contributed by atoms with Crippen LogP contribution >= 0.6 is 9.24 Å². The zero-order chi connectivity index (χ0) is 6.15. The lowest BCUT2D eigenvalue weighted by molar-refractivity contribution is 0.299. The monoisotopic (exact) mass is 132 g/mol. The molecule has 1 heterocycles. The first-order chi connectivity index (χ1) is 3.72. The molecule has 0 spiro atoms. The van der Waals surface area contributed by atoms with Crippen LogP contribution in [0.25, 0.3) is 0 Å². The van der Waals surface area contributed by atoms with Gasteiger partial charge in [0.25, 0.3) is 0 Å². The van der Waals surface area contributed by atoms with E-state index in [9.17, 15) is 0 Å². The third kappa shape index (κ3) is 1.02. The van der Waals surface area contributed by atoms with Crippen LogP contribution in [0.15, 0.2) is 0 Å². The second-order valence-corrected chi connectivity index (χ2v) is 3.15. The number of nitrogens with two attached hydrogens (primary N) is 1. The van der Waals surface area contributed by atoms with Crippen molar-refractivity contribution >= 4 is 9.24 Å². The lowest BCUT2D eigenvalue weighted by Crippen LogP contribution is -2.35. The molecule has 1 rings (SSSR count). The summed E-state index contributed by atoms with van der Waals surface area (Å²) >= 11 is 0. The molecule has 1 aliphatic rings. The Morgan fingerprint density at radius 1 is 1.62 bits per heavy atom. The maximum atomic E-state index is 5.68. The van der Waals surface area contributed by atoms with E-state index in [1.807, 2.05) is 0 Å². The molecule has 2 nitrogen and oxygen atoms in total. The molecular weight excluding hydrogens is 119 g/mol. The molecule has 3 unspecified atom stereocenters. The van der Waals surface area contributed by atoms with Gasteiger partial charge in [-0.15, -0.1) is 9.24 Å². The molecule has 2 N–H and O–H groups in total. The minimum atomic E-state index is 0.303. The van der Waals surface area contributed by atoms with Gasteiger partial charge in [0.05, 0.1) is 6.17 Å². The van der Waals surface area contributed by atoms with Crippen LogP contribution in [-0.4, -0.2) is 23.9 Å². The maximum absolute atomic E-state index is 5.68. The molecule has 0 aromatic carbocycles. The molecule has 0 saturated carbocycles. The van der Waals surface area contributed by atoms with Gasteiger partial charge in [-0.05, 0) is 19.9 Å². The Labute approximate surface area is 52.6 Å². The van der Waals surface area contributed by atoms with Crippen molar-refractivity contribution < 1.29 is 0 Å². The highest BCUT2D eigenvalue weighted by Crippen LogP contribution is 2.22. The summed E-state index contributed by atoms with van der Waals surface area (Å²) < 4.78 is 0. The van der Waals surface area contributed by atoms with Crippen LogP contribution in [0.3, 0.4) is 0 Å². The summed E-state index contributed by atoms with van der Waals surface area (Å²) in [4.78, 5) is 2.19. The van der Waals surface area contributed by atoms with Gasteiger partial charge in [-0.1, -0.05) is 0 Å². The van der Waals surface area contributed by atoms with Gasteiger partial charge in [0.15, 0.2) is 0 Å². The van der Waals surface area contributed by atoms with E-state index in [-0.39, 0.29) is 0 Å². The quantitative estimate of drug-likeness (QED) is 0.477. The van der Waals surface area contributed by atoms with Gasteiger partial charge in [0.2, 0.25) is 0 Å². The molecule has 8 heavy (non-hydrogen) atoms. The molecule has 0 aromatic rings. The van der Waals surface area contributed by atoms with Gasteiger partial charge in [-0.25, -0.2) is 0 Å². The molecule has 0 bridgehead atoms. The minimum Gasteiger partial charge on any atom is -0.316 e. The Bertz CT molecular complexity index is 76.5. The van der Waals surface area contributed by atoms with E-state index in [0.717, 1.165) is 6.42 Å². The molecule has 48 valence electrons. The third-order valence-corrected chi connectivity index (χ3v) is 2.61. The molecular formula is C5H13N2P. The average molecular weight is 132 g/mol. The summed E-state index contributed by atoms with van der Waals surface area (Å²) in [5.41, 5.74) is 5.68. The average Bonchev–Trinajstić information content (AvgIpc) is 1.98. The fourth-order valence-electron chi connectivity index (χ4n) is 0.995. The van der Waals surface area contributed by atoms with Crippen LogP contribution in [0, 0.1) is 0 Å². The highest BCUT2D eigenvalue weighted by Gasteiger charge is 2.23. The first kappa shape index (κ1) is 6.47. The normalized spacial score (nSPS) is 40.9. The molecule has 0 amide bonds. The van der Waals surface area contributed by atoms with Gasteiger partial charge < -0.3 is 5.73 Å². The highest BCUT2D eigenvalue weighted by atomic mass is 31.0. The van der Waals surface area contributed by atoms with E-state index in [1.165, 1.54) is 6.42 Å². The van der Waals surface area contributed by atoms with Crippen LogP contribution in [0.4, 0.5) is 0 Å². The summed E-state index contributed by atoms with van der Waals surface area (Å²) in [5, 5.41) is 0. The van der Waals surface area contributed by atoms with Crippen molar-refractivity contribution in [1.29, 1.82) is 0 Å². The number of rotatable bonds is 0. The summed E-state index contributed by atoms with van der Waals surface area (Å²) in [6.07, 6.45) is 2.67. The number of hydrogen-bond acceptors (Lipinski definition) is 2. The first-order valence-electron chi connectivity index (χ1n) is 2.95. The van der Waals surface area contributed by atoms with Crippen molar-refractivity contribution in [3.8, 4) is 0 Å². The first-order valence-corrected chi connectivity index (χ1v) is 3.61. The summed E-state index contributed by atoms with van der Waals surface area (Å²) in [6.45, 7) is 0. The van der Waals surface area contributed by atoms with E-state index < -0.39 is 0 Å². The van der Waals surface area contributed by atoms with E-state index >= 15 is 0 Å². The lowest BCUT2D eigenvalue weighted by atomic mass is 10.3. The molecule has 0 aromatic heterocycles. The van der Waals surface area contributed by atoms with E-state index in [0.29, 0.717) is 11.9 Å². The van der Waals surface area contributed by atoms with Gasteiger partial charge in [0, 0.05) is 5.78 Å². The molecule has 3 heteroatoms. The van der Waals surface area contributed by atoms with Crippen LogP contribution in [-0.2, 0) is 0 Å². The van der Waals surface area contributed by atoms with Gasteiger partial charge >= 0.3 is 0 Å². The fraction of sp³-hybridized carbons (Fsp3) is 1.00. The second-order valence-electron chi connectivity index (χ2n) is 2.38. The number of likely N-dealkylation sites (tertiary alicyclic amines) is 1. The van der Waals surface area contributed by atoms with Crippen LogP contribution < -0.4 is 5.73 Å². The number of hydrogen-bond donors (Lipinski definition) is 1. The molecule has 1 aliphatic heterocycles. The van der Waals surface area contributed by atoms with Crippen molar-refractivity contribution in [3.63, 3.8) is 0 Å². The molecule has 3 atom stereocenters. The third-order valence-electron chi connectivity index (χ3n) is 1.80. The second kappa shape index (κ2) is 2.30. The van der Waals surface area contributed by atoms with E-state index in [2.05, 4.69) is 21.2 Å². The Kier molecular flexibility index (Phi) is 1.86. The van der Waals surface area contributed by atoms with Crippen molar-refractivity contribution in [2.24, 2.45) is 5.73 Å². The predicted octanol–water partition coefficient (Wildman–Crippen LogP) is 0.198. The van der Waals surface area contributed by atoms with E-state index in [4.69, 9.17) is 5.73 Å². The smallest absolute Gasteiger partial charge is 0.0575 e. The largest absolute Gasteiger partial charge is 0.316 e. The van der Waals surface area contributed by atoms with Crippen molar-refractivity contribution in [2.75, 3.05) is 7.05 Å². The standard InChI is InChI=1S/C5H13N2P/c1-7-4(6)2-3-5(7)8/h4-5H,2-3,6,8H2,1H3. The minimum absolute atomic E-state index is 0.303. The molecule has 1 saturated heterocycles. The van der Waals surface area contributed by atoms with Crippen LogP contribution in [0.1, 0.15) is 12.8 Å². The number of nitrogens with zero attached hydrogens (tertiary/aromatic N) is 1. The highest BCUT2D eigenvalue weighted by molar-refractivity contribution is 7.17. The molecule has 0 aliphatic carbocycles. The van der Waals surface area contributed by atoms with E-state index in [1.54, 1.807) is 0 Å². The Morgan fingerprint density at radius 2 is 2.25 bits per heavy atom. The maximum Gasteiger partial charge on any atom is 0.0575 e. The van der Waals surface area contributed by atoms with Crippen LogP contribution in [0.2, 0.25) is 0 Å². The summed E-state index contributed by atoms with van der Waals surface area (Å²) in [6, 6.07) is 0. The van der Waals surface area contributed by atoms with Gasteiger partial charge in [0.1, 0.15) is 0 Å². The van der Waals surface area contributed by atoms with Crippen LogP contribution in [0.5, 0.6) is 0 Å². The zero-order valence-electron chi connectivity index (χ0n) is 5.17. The van der Waals surface area contributed by atoms with Crippen molar-refractivity contribution in [2.45, 2.75) is 24.8 Å². The van der Waals surface area contributed by atoms with Crippen molar-refractivity contribution in [3.05, 3.63) is 0 Å². The summed E-state index contributed by atoms with van der Waals surface area (Å²) in [5.74, 6) is 0.616. The summed E-state index contributed by atoms with van der Waals surface area (Å²) in [7, 11) is 4.85. The Morgan fingerprint density at radius 3 is 2.38 bits per heavy atom. The van der Waals surface area contributed by atoms with Gasteiger partial charge in [-0.3, -0.25) is 4.90 Å². The van der Waals surface area contributed by atoms with Gasteiger partial charge in [-0.2, -0.15) is 0 Å².